The summed E-state index contributed by atoms with van der Waals surface area (Å²) in [4.78, 5) is 27.0. The summed E-state index contributed by atoms with van der Waals surface area (Å²) in [5.41, 5.74) is 0. The van der Waals surface area contributed by atoms with Crippen molar-refractivity contribution < 1.29 is 14.7 Å². The van der Waals surface area contributed by atoms with Crippen LogP contribution in [0.4, 0.5) is 5.13 Å². The molecule has 1 heterocycles. The van der Waals surface area contributed by atoms with E-state index in [-0.39, 0.29) is 17.2 Å². The Morgan fingerprint density at radius 1 is 1.64 bits per heavy atom. The normalized spacial score (nSPS) is 9.86. The summed E-state index contributed by atoms with van der Waals surface area (Å²) >= 11 is 1.05. The number of aromatic carboxylic acids is 1. The summed E-state index contributed by atoms with van der Waals surface area (Å²) in [5, 5.41) is 9.19. The predicted octanol–water partition coefficient (Wildman–Crippen LogP) is 0.867. The van der Waals surface area contributed by atoms with E-state index in [2.05, 4.69) is 4.98 Å². The van der Waals surface area contributed by atoms with E-state index in [1.807, 2.05) is 0 Å². The minimum absolute atomic E-state index is 0.0135. The highest BCUT2D eigenvalue weighted by Crippen LogP contribution is 2.20. The highest BCUT2D eigenvalue weighted by atomic mass is 32.1. The molecular weight excluding hydrogens is 204 g/mol. The minimum atomic E-state index is -0.995. The zero-order valence-corrected chi connectivity index (χ0v) is 8.67. The third-order valence-corrected chi connectivity index (χ3v) is 2.59. The van der Waals surface area contributed by atoms with Gasteiger partial charge in [0.25, 0.3) is 0 Å². The number of anilines is 1. The van der Waals surface area contributed by atoms with Gasteiger partial charge in [-0.3, -0.25) is 4.79 Å². The van der Waals surface area contributed by atoms with Crippen molar-refractivity contribution >= 4 is 28.2 Å². The highest BCUT2D eigenvalue weighted by Gasteiger charge is 2.12. The van der Waals surface area contributed by atoms with E-state index in [0.29, 0.717) is 5.13 Å². The Morgan fingerprint density at radius 2 is 2.29 bits per heavy atom. The van der Waals surface area contributed by atoms with Crippen molar-refractivity contribution in [2.24, 2.45) is 0 Å². The number of carboxylic acids is 1. The first-order valence-electron chi connectivity index (χ1n) is 3.90. The van der Waals surface area contributed by atoms with Gasteiger partial charge in [-0.2, -0.15) is 0 Å². The Balaban J connectivity index is 2.76. The maximum absolute atomic E-state index is 10.8. The number of ketones is 1. The molecule has 0 atom stereocenters. The topological polar surface area (TPSA) is 70.5 Å². The molecule has 0 spiro atoms. The van der Waals surface area contributed by atoms with Gasteiger partial charge >= 0.3 is 5.97 Å². The molecule has 1 rings (SSSR count). The van der Waals surface area contributed by atoms with Crippen LogP contribution in [0.15, 0.2) is 6.20 Å². The van der Waals surface area contributed by atoms with Crippen LogP contribution in [0.25, 0.3) is 0 Å². The number of Topliss-reactive ketones (excluding diaryl/α,β-unsaturated/α-hetero) is 1. The van der Waals surface area contributed by atoms with Crippen molar-refractivity contribution in [1.82, 2.24) is 4.98 Å². The van der Waals surface area contributed by atoms with E-state index in [9.17, 15) is 9.59 Å². The van der Waals surface area contributed by atoms with Gasteiger partial charge in [-0.05, 0) is 6.92 Å². The maximum Gasteiger partial charge on any atom is 0.347 e. The van der Waals surface area contributed by atoms with Crippen molar-refractivity contribution in [3.8, 4) is 0 Å². The molecule has 0 aliphatic carbocycles. The summed E-state index contributed by atoms with van der Waals surface area (Å²) in [6.45, 7) is 1.72. The lowest BCUT2D eigenvalue weighted by Crippen LogP contribution is -2.23. The number of likely N-dealkylation sites (N-methyl/N-ethyl adjacent to an activating group) is 1. The number of carbonyl (C=O) groups is 2. The molecule has 1 aromatic rings. The smallest absolute Gasteiger partial charge is 0.347 e. The van der Waals surface area contributed by atoms with Gasteiger partial charge in [-0.1, -0.05) is 11.3 Å². The van der Waals surface area contributed by atoms with Gasteiger partial charge in [0.15, 0.2) is 5.13 Å². The van der Waals surface area contributed by atoms with Gasteiger partial charge in [0.1, 0.15) is 10.7 Å². The van der Waals surface area contributed by atoms with Crippen molar-refractivity contribution in [3.63, 3.8) is 0 Å². The first-order valence-corrected chi connectivity index (χ1v) is 4.72. The molecule has 0 bridgehead atoms. The summed E-state index contributed by atoms with van der Waals surface area (Å²) in [6, 6.07) is 0. The lowest BCUT2D eigenvalue weighted by molar-refractivity contribution is -0.115. The van der Waals surface area contributed by atoms with Crippen molar-refractivity contribution in [1.29, 1.82) is 0 Å². The molecule has 6 heteroatoms. The van der Waals surface area contributed by atoms with E-state index < -0.39 is 5.97 Å². The number of nitrogens with zero attached hydrogens (tertiary/aromatic N) is 2. The molecule has 0 saturated heterocycles. The van der Waals surface area contributed by atoms with Crippen LogP contribution in [-0.4, -0.2) is 35.4 Å². The Morgan fingerprint density at radius 3 is 2.71 bits per heavy atom. The maximum atomic E-state index is 10.8. The van der Waals surface area contributed by atoms with E-state index in [0.717, 1.165) is 11.3 Å². The molecule has 5 nitrogen and oxygen atoms in total. The van der Waals surface area contributed by atoms with E-state index in [1.54, 1.807) is 11.9 Å². The predicted molar refractivity (Wildman–Crippen MR) is 53.0 cm³/mol. The summed E-state index contributed by atoms with van der Waals surface area (Å²) < 4.78 is 0. The molecule has 0 aliphatic heterocycles. The van der Waals surface area contributed by atoms with Gasteiger partial charge in [0.2, 0.25) is 0 Å². The van der Waals surface area contributed by atoms with Crippen LogP contribution in [0.5, 0.6) is 0 Å². The second-order valence-electron chi connectivity index (χ2n) is 2.87. The van der Waals surface area contributed by atoms with E-state index >= 15 is 0 Å². The molecule has 14 heavy (non-hydrogen) atoms. The molecule has 1 N–H and O–H groups in total. The fourth-order valence-corrected chi connectivity index (χ4v) is 1.66. The first-order chi connectivity index (χ1) is 6.50. The molecule has 76 valence electrons. The summed E-state index contributed by atoms with van der Waals surface area (Å²) in [5.74, 6) is -0.982. The van der Waals surface area contributed by atoms with Crippen LogP contribution in [0.1, 0.15) is 16.6 Å². The molecule has 0 aromatic carbocycles. The summed E-state index contributed by atoms with van der Waals surface area (Å²) in [7, 11) is 1.70. The van der Waals surface area contributed by atoms with Crippen molar-refractivity contribution in [3.05, 3.63) is 11.1 Å². The van der Waals surface area contributed by atoms with Gasteiger partial charge in [0, 0.05) is 7.05 Å². The SMILES string of the molecule is CC(=O)CN(C)c1ncc(C(=O)O)s1. The van der Waals surface area contributed by atoms with Crippen LogP contribution in [0, 0.1) is 0 Å². The van der Waals surface area contributed by atoms with Crippen molar-refractivity contribution in [2.45, 2.75) is 6.92 Å². The van der Waals surface area contributed by atoms with Crippen LogP contribution >= 0.6 is 11.3 Å². The van der Waals surface area contributed by atoms with Crippen LogP contribution in [0.2, 0.25) is 0 Å². The molecule has 0 unspecified atom stereocenters. The Bertz CT molecular complexity index is 361. The monoisotopic (exact) mass is 214 g/mol. The van der Waals surface area contributed by atoms with Crippen LogP contribution < -0.4 is 4.90 Å². The first kappa shape index (κ1) is 10.6. The third kappa shape index (κ3) is 2.53. The molecular formula is C8H10N2O3S. The van der Waals surface area contributed by atoms with Gasteiger partial charge < -0.3 is 10.0 Å². The highest BCUT2D eigenvalue weighted by molar-refractivity contribution is 7.17. The van der Waals surface area contributed by atoms with Crippen LogP contribution in [0.3, 0.4) is 0 Å². The number of carbonyl (C=O) groups excluding carboxylic acids is 1. The zero-order chi connectivity index (χ0) is 10.7. The number of rotatable bonds is 4. The molecule has 0 aliphatic rings. The number of hydrogen-bond donors (Lipinski definition) is 1. The standard InChI is InChI=1S/C8H10N2O3S/c1-5(11)4-10(2)8-9-3-6(14-8)7(12)13/h3H,4H2,1-2H3,(H,12,13). The number of hydrogen-bond acceptors (Lipinski definition) is 5. The Labute approximate surface area is 85.0 Å². The van der Waals surface area contributed by atoms with Crippen LogP contribution in [-0.2, 0) is 4.79 Å². The molecule has 0 radical (unpaired) electrons. The van der Waals surface area contributed by atoms with E-state index in [1.165, 1.54) is 13.1 Å². The minimum Gasteiger partial charge on any atom is -0.477 e. The number of aromatic nitrogens is 1. The second kappa shape index (κ2) is 4.19. The average Bonchev–Trinajstić information content (AvgIpc) is 2.50. The molecule has 0 saturated carbocycles. The zero-order valence-electron chi connectivity index (χ0n) is 7.85. The molecule has 0 amide bonds. The van der Waals surface area contributed by atoms with Gasteiger partial charge in [-0.15, -0.1) is 0 Å². The Hall–Kier alpha value is -1.43. The summed E-state index contributed by atoms with van der Waals surface area (Å²) in [6.07, 6.45) is 1.29. The number of thiazole rings is 1. The van der Waals surface area contributed by atoms with Gasteiger partial charge in [0.05, 0.1) is 12.7 Å². The fourth-order valence-electron chi connectivity index (χ4n) is 0.942. The fraction of sp³-hybridized carbons (Fsp3) is 0.375. The number of carboxylic acid groups (broad SMARTS) is 1. The largest absolute Gasteiger partial charge is 0.477 e. The second-order valence-corrected chi connectivity index (χ2v) is 3.88. The average molecular weight is 214 g/mol. The lowest BCUT2D eigenvalue weighted by atomic mass is 10.4. The quantitative estimate of drug-likeness (QED) is 0.805. The Kier molecular flexibility index (Phi) is 3.19. The van der Waals surface area contributed by atoms with Gasteiger partial charge in [-0.25, -0.2) is 9.78 Å². The van der Waals surface area contributed by atoms with Crippen molar-refractivity contribution in [2.75, 3.05) is 18.5 Å². The molecule has 0 fully saturated rings. The lowest BCUT2D eigenvalue weighted by Gasteiger charge is -2.12. The third-order valence-electron chi connectivity index (χ3n) is 1.49. The van der Waals surface area contributed by atoms with E-state index in [4.69, 9.17) is 5.11 Å². The molecule has 1 aromatic heterocycles.